The minimum absolute atomic E-state index is 0.223. The van der Waals surface area contributed by atoms with E-state index in [-0.39, 0.29) is 11.3 Å². The molecule has 1 aliphatic carbocycles. The molecule has 2 heterocycles. The summed E-state index contributed by atoms with van der Waals surface area (Å²) in [5, 5.41) is 14.5. The lowest BCUT2D eigenvalue weighted by atomic mass is 9.80. The highest BCUT2D eigenvalue weighted by Gasteiger charge is 2.35. The molecule has 0 unspecified atom stereocenters. The van der Waals surface area contributed by atoms with Gasteiger partial charge in [-0.3, -0.25) is 15.1 Å². The Hall–Kier alpha value is -3.65. The van der Waals surface area contributed by atoms with Gasteiger partial charge in [-0.15, -0.1) is 0 Å². The first-order chi connectivity index (χ1) is 16.6. The molecule has 0 radical (unpaired) electrons. The molecule has 35 heavy (non-hydrogen) atoms. The maximum absolute atomic E-state index is 12.9. The Labute approximate surface area is 205 Å². The van der Waals surface area contributed by atoms with E-state index >= 15 is 0 Å². The van der Waals surface area contributed by atoms with Gasteiger partial charge in [0.2, 0.25) is 5.82 Å². The molecule has 0 bridgehead atoms. The van der Waals surface area contributed by atoms with Gasteiger partial charge in [-0.1, -0.05) is 25.0 Å². The monoisotopic (exact) mass is 493 g/mol. The molecule has 0 aliphatic heterocycles. The fourth-order valence-corrected chi connectivity index (χ4v) is 4.01. The number of carbonyl (C=O) groups is 1. The molecule has 4 rings (SSSR count). The normalized spacial score (nSPS) is 14.3. The van der Waals surface area contributed by atoms with E-state index in [1.807, 2.05) is 42.6 Å². The minimum Gasteiger partial charge on any atom is -0.748 e. The average Bonchev–Trinajstić information content (AvgIpc) is 3.31. The highest BCUT2D eigenvalue weighted by atomic mass is 32.2. The van der Waals surface area contributed by atoms with Gasteiger partial charge >= 0.3 is 0 Å². The molecule has 1 aliphatic rings. The molecule has 10 heteroatoms. The Balaban J connectivity index is 0.000000623. The summed E-state index contributed by atoms with van der Waals surface area (Å²) in [4.78, 5) is 21.5. The van der Waals surface area contributed by atoms with Crippen LogP contribution < -0.4 is 10.6 Å². The predicted molar refractivity (Wildman–Crippen MR) is 130 cm³/mol. The number of quaternary nitrogens is 1. The molecular formula is C25H27N5O4S. The summed E-state index contributed by atoms with van der Waals surface area (Å²) in [5.41, 5.74) is 3.83. The van der Waals surface area contributed by atoms with Crippen LogP contribution in [0.15, 0.2) is 61.1 Å². The molecule has 0 atom stereocenters. The van der Waals surface area contributed by atoms with Crippen molar-refractivity contribution in [3.8, 4) is 6.07 Å². The van der Waals surface area contributed by atoms with Crippen LogP contribution in [-0.2, 0) is 15.5 Å². The first-order valence-corrected chi connectivity index (χ1v) is 12.9. The second kappa shape index (κ2) is 11.2. The highest BCUT2D eigenvalue weighted by molar-refractivity contribution is 7.84. The largest absolute Gasteiger partial charge is 0.748 e. The number of carbonyl (C=O) groups excluding carboxylic acids is 1. The zero-order valence-electron chi connectivity index (χ0n) is 19.6. The van der Waals surface area contributed by atoms with Crippen molar-refractivity contribution in [3.05, 3.63) is 77.7 Å². The van der Waals surface area contributed by atoms with Crippen LogP contribution in [0.3, 0.4) is 0 Å². The van der Waals surface area contributed by atoms with E-state index in [4.69, 9.17) is 13.0 Å². The van der Waals surface area contributed by atoms with E-state index in [1.54, 1.807) is 30.7 Å². The Morgan fingerprint density at radius 2 is 1.80 bits per heavy atom. The number of aryl methyl sites for hydroxylation is 1. The zero-order chi connectivity index (χ0) is 25.5. The summed E-state index contributed by atoms with van der Waals surface area (Å²) in [6.07, 6.45) is 9.75. The highest BCUT2D eigenvalue weighted by Crippen LogP contribution is 2.40. The number of nitriles is 1. The number of benzene rings is 1. The van der Waals surface area contributed by atoms with Gasteiger partial charge in [-0.05, 0) is 55.7 Å². The predicted octanol–water partition coefficient (Wildman–Crippen LogP) is 3.06. The summed E-state index contributed by atoms with van der Waals surface area (Å²) >= 11 is 0. The van der Waals surface area contributed by atoms with Crippen LogP contribution in [0.5, 0.6) is 0 Å². The lowest BCUT2D eigenvalue weighted by Crippen LogP contribution is -2.72. The summed E-state index contributed by atoms with van der Waals surface area (Å²) < 4.78 is 27.2. The number of pyridine rings is 2. The molecule has 182 valence electrons. The number of nitrogens with zero attached hydrogens (tertiary/aromatic N) is 3. The minimum atomic E-state index is -3.92. The number of anilines is 1. The number of rotatable bonds is 5. The van der Waals surface area contributed by atoms with Crippen LogP contribution in [-0.4, -0.2) is 35.1 Å². The van der Waals surface area contributed by atoms with Crippen molar-refractivity contribution < 1.29 is 23.1 Å². The van der Waals surface area contributed by atoms with Crippen molar-refractivity contribution in [1.29, 1.82) is 5.26 Å². The number of aromatic nitrogens is 2. The van der Waals surface area contributed by atoms with Gasteiger partial charge in [-0.25, -0.2) is 13.4 Å². The molecular weight excluding hydrogens is 466 g/mol. The third kappa shape index (κ3) is 7.16. The molecule has 1 saturated carbocycles. The fraction of sp³-hybridized carbons (Fsp3) is 0.280. The van der Waals surface area contributed by atoms with Crippen LogP contribution in [0.1, 0.15) is 47.2 Å². The quantitative estimate of drug-likeness (QED) is 0.518. The number of nitrogens with one attached hydrogen (secondary N) is 1. The average molecular weight is 494 g/mol. The van der Waals surface area contributed by atoms with Crippen molar-refractivity contribution in [2.24, 2.45) is 0 Å². The summed E-state index contributed by atoms with van der Waals surface area (Å²) in [7, 11) is -3.92. The van der Waals surface area contributed by atoms with Crippen LogP contribution in [0, 0.1) is 18.3 Å². The summed E-state index contributed by atoms with van der Waals surface area (Å²) in [5.74, 6) is 0.372. The number of hydrogen-bond acceptors (Lipinski definition) is 7. The molecule has 1 amide bonds. The molecule has 0 spiro atoms. The van der Waals surface area contributed by atoms with E-state index < -0.39 is 10.1 Å². The van der Waals surface area contributed by atoms with Crippen molar-refractivity contribution >= 4 is 33.2 Å². The standard InChI is InChI=1S/C24H23N5O.CH4O3S/c1-17-10-14-26-15-21(17)29-22-20(5-4-13-27-22)23(30)28-19-8-6-18(7-9-19)24(16-25)11-2-3-12-24;1-5(2,3)4/h4-10,13-15H,2-3,11-12H2,1H3,(H,27,29)(H,28,30);1H3,(H,2,3,4). The van der Waals surface area contributed by atoms with Crippen LogP contribution in [0.25, 0.3) is 0 Å². The van der Waals surface area contributed by atoms with Crippen molar-refractivity contribution in [2.45, 2.75) is 38.0 Å². The van der Waals surface area contributed by atoms with Crippen LogP contribution >= 0.6 is 0 Å². The van der Waals surface area contributed by atoms with Gasteiger partial charge in [0.15, 0.2) is 5.69 Å². The molecule has 1 fully saturated rings. The number of hydrogen-bond donors (Lipinski definition) is 2. The second-order valence-electron chi connectivity index (χ2n) is 8.45. The van der Waals surface area contributed by atoms with Gasteiger partial charge in [0.25, 0.3) is 5.91 Å². The van der Waals surface area contributed by atoms with Gasteiger partial charge in [0.05, 0.1) is 27.8 Å². The zero-order valence-corrected chi connectivity index (χ0v) is 20.4. The summed E-state index contributed by atoms with van der Waals surface area (Å²) in [6, 6.07) is 15.6. The summed E-state index contributed by atoms with van der Waals surface area (Å²) in [6.45, 7) is 2.00. The Bertz CT molecular complexity index is 1320. The third-order valence-corrected chi connectivity index (χ3v) is 5.82. The Morgan fingerprint density at radius 3 is 2.40 bits per heavy atom. The van der Waals surface area contributed by atoms with Gasteiger partial charge in [-0.2, -0.15) is 5.26 Å². The smallest absolute Gasteiger partial charge is 0.263 e. The van der Waals surface area contributed by atoms with Gasteiger partial charge < -0.3 is 9.87 Å². The molecule has 0 saturated heterocycles. The lowest BCUT2D eigenvalue weighted by molar-refractivity contribution is -0.483. The SMILES string of the molecule is CS(=O)(=O)[O-].Cc1ccncc1[NH2+]c1ncccc1C(=O)Nc1ccc(C2(C#N)CCCC2)cc1. The molecule has 2 aromatic heterocycles. The first kappa shape index (κ1) is 26.0. The molecule has 1 aromatic carbocycles. The van der Waals surface area contributed by atoms with Crippen molar-refractivity contribution in [1.82, 2.24) is 9.97 Å². The number of nitrogens with two attached hydrogens (primary N) is 1. The van der Waals surface area contributed by atoms with Crippen LogP contribution in [0.4, 0.5) is 17.2 Å². The van der Waals surface area contributed by atoms with Crippen molar-refractivity contribution in [3.63, 3.8) is 0 Å². The topological polar surface area (TPSA) is 152 Å². The fourth-order valence-electron chi connectivity index (χ4n) is 4.01. The van der Waals surface area contributed by atoms with Crippen molar-refractivity contribution in [2.75, 3.05) is 11.6 Å². The van der Waals surface area contributed by atoms with E-state index in [0.717, 1.165) is 42.5 Å². The van der Waals surface area contributed by atoms with E-state index in [9.17, 15) is 10.1 Å². The first-order valence-electron chi connectivity index (χ1n) is 11.1. The molecule has 9 nitrogen and oxygen atoms in total. The van der Waals surface area contributed by atoms with Gasteiger partial charge in [0, 0.05) is 29.9 Å². The van der Waals surface area contributed by atoms with E-state index in [1.165, 1.54) is 0 Å². The maximum Gasteiger partial charge on any atom is 0.263 e. The lowest BCUT2D eigenvalue weighted by Gasteiger charge is -2.21. The third-order valence-electron chi connectivity index (χ3n) is 5.82. The molecule has 3 N–H and O–H groups in total. The second-order valence-corrected chi connectivity index (χ2v) is 9.86. The van der Waals surface area contributed by atoms with E-state index in [0.29, 0.717) is 23.3 Å². The molecule has 3 aromatic rings. The van der Waals surface area contributed by atoms with Crippen LogP contribution in [0.2, 0.25) is 0 Å². The number of amides is 1. The van der Waals surface area contributed by atoms with Gasteiger partial charge in [0.1, 0.15) is 5.56 Å². The maximum atomic E-state index is 12.9. The Kier molecular flexibility index (Phi) is 8.30. The van der Waals surface area contributed by atoms with E-state index in [2.05, 4.69) is 21.4 Å². The Morgan fingerprint density at radius 1 is 1.14 bits per heavy atom.